The van der Waals surface area contributed by atoms with Crippen LogP contribution >= 0.6 is 38.2 Å². The van der Waals surface area contributed by atoms with Crippen LogP contribution in [0, 0.1) is 0 Å². The van der Waals surface area contributed by atoms with Gasteiger partial charge in [0.2, 0.25) is 0 Å². The number of halogens is 3. The van der Waals surface area contributed by atoms with Crippen molar-refractivity contribution in [3.8, 4) is 0 Å². The second-order valence-electron chi connectivity index (χ2n) is 4.13. The van der Waals surface area contributed by atoms with E-state index in [0.717, 1.165) is 0 Å². The summed E-state index contributed by atoms with van der Waals surface area (Å²) in [5.41, 5.74) is 0.0595. The van der Waals surface area contributed by atoms with E-state index < -0.39 is 15.0 Å². The Morgan fingerprint density at radius 2 is 2.05 bits per heavy atom. The summed E-state index contributed by atoms with van der Waals surface area (Å²) in [6, 6.07) is 2.70. The fraction of sp³-hybridized carbons (Fsp3) is 0.417. The summed E-state index contributed by atoms with van der Waals surface area (Å²) < 4.78 is 28.5. The van der Waals surface area contributed by atoms with E-state index >= 15 is 0 Å². The van der Waals surface area contributed by atoms with Gasteiger partial charge in [-0.1, -0.05) is 27.5 Å². The highest BCUT2D eigenvalue weighted by Gasteiger charge is 2.23. The van der Waals surface area contributed by atoms with E-state index in [-0.39, 0.29) is 15.5 Å². The normalized spacial score (nSPS) is 11.5. The average molecular weight is 419 g/mol. The first-order valence-electron chi connectivity index (χ1n) is 5.95. The lowest BCUT2D eigenvalue weighted by atomic mass is 10.2. The molecule has 1 aromatic rings. The van der Waals surface area contributed by atoms with Crippen molar-refractivity contribution in [1.29, 1.82) is 0 Å². The van der Waals surface area contributed by atoms with Crippen molar-refractivity contribution < 1.29 is 17.9 Å². The van der Waals surface area contributed by atoms with Gasteiger partial charge in [0.25, 0.3) is 15.0 Å². The zero-order chi connectivity index (χ0) is 16.2. The van der Waals surface area contributed by atoms with Crippen LogP contribution in [0.25, 0.3) is 0 Å². The topological polar surface area (TPSA) is 63.7 Å². The zero-order valence-electron chi connectivity index (χ0n) is 11.4. The maximum absolute atomic E-state index is 12.3. The molecular weight excluding hydrogens is 405 g/mol. The van der Waals surface area contributed by atoms with Gasteiger partial charge in [0.1, 0.15) is 4.90 Å². The van der Waals surface area contributed by atoms with E-state index in [0.29, 0.717) is 24.2 Å². The van der Waals surface area contributed by atoms with Gasteiger partial charge in [-0.05, 0) is 19.1 Å². The summed E-state index contributed by atoms with van der Waals surface area (Å²) in [5.74, 6) is -0.414. The van der Waals surface area contributed by atoms with Crippen LogP contribution in [-0.4, -0.2) is 46.0 Å². The molecular formula is C12H14BrCl2NO4S. The van der Waals surface area contributed by atoms with Crippen LogP contribution in [0.1, 0.15) is 17.3 Å². The smallest absolute Gasteiger partial charge is 0.262 e. The fourth-order valence-electron chi connectivity index (χ4n) is 1.55. The summed E-state index contributed by atoms with van der Waals surface area (Å²) >= 11 is 9.15. The van der Waals surface area contributed by atoms with Gasteiger partial charge in [0, 0.05) is 35.4 Å². The van der Waals surface area contributed by atoms with Crippen molar-refractivity contribution >= 4 is 53.2 Å². The van der Waals surface area contributed by atoms with Gasteiger partial charge in [-0.15, -0.1) is 0 Å². The molecule has 0 aliphatic heterocycles. The molecule has 0 bridgehead atoms. The van der Waals surface area contributed by atoms with Gasteiger partial charge in [-0.2, -0.15) is 0 Å². The third-order valence-corrected chi connectivity index (χ3v) is 4.94. The van der Waals surface area contributed by atoms with Crippen molar-refractivity contribution in [2.45, 2.75) is 11.8 Å². The number of carbonyl (C=O) groups is 1. The molecule has 0 N–H and O–H groups in total. The van der Waals surface area contributed by atoms with Crippen LogP contribution in [0.2, 0.25) is 5.02 Å². The van der Waals surface area contributed by atoms with Crippen LogP contribution in [0.4, 0.5) is 0 Å². The number of ether oxygens (including phenoxy) is 1. The monoisotopic (exact) mass is 417 g/mol. The van der Waals surface area contributed by atoms with Crippen LogP contribution in [-0.2, 0) is 13.8 Å². The lowest BCUT2D eigenvalue weighted by Gasteiger charge is -2.18. The Hall–Kier alpha value is -0.340. The number of hydrogen-bond acceptors (Lipinski definition) is 4. The first-order chi connectivity index (χ1) is 9.68. The molecule has 0 radical (unpaired) electrons. The van der Waals surface area contributed by atoms with Crippen LogP contribution in [0.15, 0.2) is 21.5 Å². The SMILES string of the molecule is CCOCCN(C)C(=O)c1cc(Br)cc(S(=O)(=O)Cl)c1Cl. The largest absolute Gasteiger partial charge is 0.380 e. The molecule has 0 fully saturated rings. The molecule has 1 rings (SSSR count). The number of rotatable bonds is 6. The van der Waals surface area contributed by atoms with Crippen LogP contribution in [0.3, 0.4) is 0 Å². The second-order valence-corrected chi connectivity index (χ2v) is 7.95. The number of nitrogens with zero attached hydrogens (tertiary/aromatic N) is 1. The molecule has 9 heteroatoms. The quantitative estimate of drug-likeness (QED) is 0.525. The van der Waals surface area contributed by atoms with Crippen molar-refractivity contribution in [1.82, 2.24) is 4.90 Å². The van der Waals surface area contributed by atoms with E-state index in [9.17, 15) is 13.2 Å². The van der Waals surface area contributed by atoms with E-state index in [2.05, 4.69) is 15.9 Å². The Morgan fingerprint density at radius 1 is 1.43 bits per heavy atom. The van der Waals surface area contributed by atoms with Gasteiger partial charge in [-0.3, -0.25) is 4.79 Å². The summed E-state index contributed by atoms with van der Waals surface area (Å²) in [6.07, 6.45) is 0. The Morgan fingerprint density at radius 3 is 2.57 bits per heavy atom. The molecule has 0 saturated carbocycles. The average Bonchev–Trinajstić information content (AvgIpc) is 2.39. The van der Waals surface area contributed by atoms with E-state index in [1.165, 1.54) is 17.0 Å². The summed E-state index contributed by atoms with van der Waals surface area (Å²) in [4.78, 5) is 13.4. The maximum atomic E-state index is 12.3. The Labute approximate surface area is 141 Å². The van der Waals surface area contributed by atoms with Crippen LogP contribution < -0.4 is 0 Å². The molecule has 0 spiro atoms. The molecule has 1 amide bonds. The van der Waals surface area contributed by atoms with Gasteiger partial charge in [0.05, 0.1) is 17.2 Å². The first-order valence-corrected chi connectivity index (χ1v) is 9.43. The van der Waals surface area contributed by atoms with Crippen molar-refractivity contribution in [2.24, 2.45) is 0 Å². The highest BCUT2D eigenvalue weighted by atomic mass is 79.9. The minimum absolute atomic E-state index is 0.0595. The number of benzene rings is 1. The van der Waals surface area contributed by atoms with Gasteiger partial charge in [-0.25, -0.2) is 8.42 Å². The van der Waals surface area contributed by atoms with E-state index in [1.807, 2.05) is 6.92 Å². The van der Waals surface area contributed by atoms with Gasteiger partial charge < -0.3 is 9.64 Å². The highest BCUT2D eigenvalue weighted by Crippen LogP contribution is 2.32. The Balaban J connectivity index is 3.13. The summed E-state index contributed by atoms with van der Waals surface area (Å²) in [7, 11) is 2.85. The molecule has 0 atom stereocenters. The molecule has 21 heavy (non-hydrogen) atoms. The summed E-state index contributed by atoms with van der Waals surface area (Å²) in [5, 5.41) is -0.193. The maximum Gasteiger partial charge on any atom is 0.262 e. The molecule has 0 aliphatic carbocycles. The second kappa shape index (κ2) is 7.78. The van der Waals surface area contributed by atoms with Gasteiger partial charge >= 0.3 is 0 Å². The van der Waals surface area contributed by atoms with Crippen molar-refractivity contribution in [3.05, 3.63) is 27.2 Å². The van der Waals surface area contributed by atoms with Crippen LogP contribution in [0.5, 0.6) is 0 Å². The molecule has 0 unspecified atom stereocenters. The third-order valence-electron chi connectivity index (χ3n) is 2.62. The molecule has 0 heterocycles. The standard InChI is InChI=1S/C12H14BrCl2NO4S/c1-3-20-5-4-16(2)12(17)9-6-8(13)7-10(11(9)14)21(15,18)19/h6-7H,3-5H2,1-2H3. The minimum atomic E-state index is -4.04. The summed E-state index contributed by atoms with van der Waals surface area (Å²) in [6.45, 7) is 3.14. The molecule has 0 aliphatic rings. The Kier molecular flexibility index (Phi) is 6.93. The molecule has 0 aromatic heterocycles. The Bertz CT molecular complexity index is 636. The third kappa shape index (κ3) is 5.10. The number of likely N-dealkylation sites (N-methyl/N-ethyl adjacent to an activating group) is 1. The van der Waals surface area contributed by atoms with Crippen molar-refractivity contribution in [2.75, 3.05) is 26.8 Å². The van der Waals surface area contributed by atoms with Gasteiger partial charge in [0.15, 0.2) is 0 Å². The predicted molar refractivity (Wildman–Crippen MR) is 85.6 cm³/mol. The lowest BCUT2D eigenvalue weighted by molar-refractivity contribution is 0.0710. The number of hydrogen-bond donors (Lipinski definition) is 0. The van der Waals surface area contributed by atoms with E-state index in [4.69, 9.17) is 27.0 Å². The molecule has 5 nitrogen and oxygen atoms in total. The number of amides is 1. The first kappa shape index (κ1) is 18.7. The zero-order valence-corrected chi connectivity index (χ0v) is 15.3. The minimum Gasteiger partial charge on any atom is -0.380 e. The molecule has 1 aromatic carbocycles. The molecule has 118 valence electrons. The highest BCUT2D eigenvalue weighted by molar-refractivity contribution is 9.10. The lowest BCUT2D eigenvalue weighted by Crippen LogP contribution is -2.30. The van der Waals surface area contributed by atoms with Crippen molar-refractivity contribution in [3.63, 3.8) is 0 Å². The molecule has 0 saturated heterocycles. The predicted octanol–water partition coefficient (Wildman–Crippen LogP) is 3.14. The fourth-order valence-corrected chi connectivity index (χ4v) is 3.73. The number of carbonyl (C=O) groups excluding carboxylic acids is 1. The van der Waals surface area contributed by atoms with E-state index in [1.54, 1.807) is 7.05 Å².